The van der Waals surface area contributed by atoms with E-state index in [1.165, 1.54) is 0 Å². The maximum Gasteiger partial charge on any atom is 0.242 e. The number of benzene rings is 2. The summed E-state index contributed by atoms with van der Waals surface area (Å²) in [4.78, 5) is 12.3. The minimum atomic E-state index is -0.744. The highest BCUT2D eigenvalue weighted by atomic mass is 16.5. The molecule has 2 aromatic rings. The number of amides is 1. The van der Waals surface area contributed by atoms with E-state index < -0.39 is 5.92 Å². The maximum atomic E-state index is 12.3. The van der Waals surface area contributed by atoms with Crippen LogP contribution in [0.2, 0.25) is 0 Å². The molecule has 1 atom stereocenters. The summed E-state index contributed by atoms with van der Waals surface area (Å²) in [5, 5.41) is 12.1. The molecule has 0 aliphatic heterocycles. The van der Waals surface area contributed by atoms with Gasteiger partial charge in [0.15, 0.2) is 0 Å². The average Bonchev–Trinajstić information content (AvgIpc) is 2.54. The SMILES string of the molecule is COc1cccc(CC(C#N)C(=O)Nc2ccccc2C)c1. The molecule has 4 heteroatoms. The first-order chi connectivity index (χ1) is 10.6. The summed E-state index contributed by atoms with van der Waals surface area (Å²) >= 11 is 0. The lowest BCUT2D eigenvalue weighted by Crippen LogP contribution is -2.23. The summed E-state index contributed by atoms with van der Waals surface area (Å²) in [5.41, 5.74) is 2.60. The van der Waals surface area contributed by atoms with Crippen molar-refractivity contribution in [2.75, 3.05) is 12.4 Å². The van der Waals surface area contributed by atoms with Crippen molar-refractivity contribution in [2.24, 2.45) is 5.92 Å². The Labute approximate surface area is 130 Å². The van der Waals surface area contributed by atoms with Crippen LogP contribution in [0.15, 0.2) is 48.5 Å². The van der Waals surface area contributed by atoms with Crippen LogP contribution in [0.4, 0.5) is 5.69 Å². The second-order valence-electron chi connectivity index (χ2n) is 5.04. The molecule has 0 aliphatic rings. The maximum absolute atomic E-state index is 12.3. The summed E-state index contributed by atoms with van der Waals surface area (Å²) in [7, 11) is 1.59. The molecule has 1 unspecified atom stereocenters. The Balaban J connectivity index is 2.09. The Kier molecular flexibility index (Phi) is 5.16. The van der Waals surface area contributed by atoms with Gasteiger partial charge in [-0.2, -0.15) is 5.26 Å². The second-order valence-corrected chi connectivity index (χ2v) is 5.04. The summed E-state index contributed by atoms with van der Waals surface area (Å²) in [5.74, 6) is -0.320. The summed E-state index contributed by atoms with van der Waals surface area (Å²) in [6.07, 6.45) is 0.353. The van der Waals surface area contributed by atoms with Gasteiger partial charge >= 0.3 is 0 Å². The van der Waals surface area contributed by atoms with Gasteiger partial charge < -0.3 is 10.1 Å². The Hall–Kier alpha value is -2.80. The van der Waals surface area contributed by atoms with Crippen molar-refractivity contribution in [1.29, 1.82) is 5.26 Å². The van der Waals surface area contributed by atoms with Crippen LogP contribution in [0.25, 0.3) is 0 Å². The van der Waals surface area contributed by atoms with Crippen molar-refractivity contribution in [1.82, 2.24) is 0 Å². The molecule has 0 aromatic heterocycles. The minimum absolute atomic E-state index is 0.292. The molecule has 22 heavy (non-hydrogen) atoms. The highest BCUT2D eigenvalue weighted by molar-refractivity contribution is 5.94. The van der Waals surface area contributed by atoms with Crippen LogP contribution in [-0.2, 0) is 11.2 Å². The number of nitrogens with one attached hydrogen (secondary N) is 1. The first-order valence-corrected chi connectivity index (χ1v) is 7.03. The molecule has 1 N–H and O–H groups in total. The fourth-order valence-corrected chi connectivity index (χ4v) is 2.17. The number of nitriles is 1. The number of hydrogen-bond donors (Lipinski definition) is 1. The number of anilines is 1. The van der Waals surface area contributed by atoms with Gasteiger partial charge in [-0.1, -0.05) is 30.3 Å². The Morgan fingerprint density at radius 3 is 2.73 bits per heavy atom. The Morgan fingerprint density at radius 2 is 2.05 bits per heavy atom. The fourth-order valence-electron chi connectivity index (χ4n) is 2.17. The lowest BCUT2D eigenvalue weighted by Gasteiger charge is -2.12. The molecular formula is C18H18N2O2. The van der Waals surface area contributed by atoms with Crippen molar-refractivity contribution in [3.8, 4) is 11.8 Å². The van der Waals surface area contributed by atoms with Crippen LogP contribution in [0, 0.1) is 24.2 Å². The molecule has 4 nitrogen and oxygen atoms in total. The summed E-state index contributed by atoms with van der Waals surface area (Å²) < 4.78 is 5.16. The molecule has 2 rings (SSSR count). The first kappa shape index (κ1) is 15.6. The lowest BCUT2D eigenvalue weighted by molar-refractivity contribution is -0.118. The van der Waals surface area contributed by atoms with E-state index in [0.29, 0.717) is 12.2 Å². The molecule has 0 saturated carbocycles. The van der Waals surface area contributed by atoms with E-state index in [-0.39, 0.29) is 5.91 Å². The number of methoxy groups -OCH3 is 1. The highest BCUT2D eigenvalue weighted by Crippen LogP contribution is 2.18. The van der Waals surface area contributed by atoms with Crippen molar-refractivity contribution >= 4 is 11.6 Å². The Morgan fingerprint density at radius 1 is 1.27 bits per heavy atom. The number of rotatable bonds is 5. The molecule has 0 saturated heterocycles. The van der Waals surface area contributed by atoms with Gasteiger partial charge in [-0.05, 0) is 42.7 Å². The van der Waals surface area contributed by atoms with E-state index >= 15 is 0 Å². The van der Waals surface area contributed by atoms with Gasteiger partial charge in [-0.3, -0.25) is 4.79 Å². The van der Waals surface area contributed by atoms with Crippen molar-refractivity contribution < 1.29 is 9.53 Å². The zero-order chi connectivity index (χ0) is 15.9. The molecule has 0 heterocycles. The second kappa shape index (κ2) is 7.28. The zero-order valence-electron chi connectivity index (χ0n) is 12.7. The molecule has 0 radical (unpaired) electrons. The zero-order valence-corrected chi connectivity index (χ0v) is 12.7. The van der Waals surface area contributed by atoms with Crippen LogP contribution in [0.5, 0.6) is 5.75 Å². The Bertz CT molecular complexity index is 704. The lowest BCUT2D eigenvalue weighted by atomic mass is 9.99. The number of nitrogens with zero attached hydrogens (tertiary/aromatic N) is 1. The predicted molar refractivity (Wildman–Crippen MR) is 85.6 cm³/mol. The molecule has 2 aromatic carbocycles. The van der Waals surface area contributed by atoms with E-state index in [4.69, 9.17) is 4.74 Å². The molecule has 0 fully saturated rings. The topological polar surface area (TPSA) is 62.1 Å². The number of carbonyl (C=O) groups is 1. The van der Waals surface area contributed by atoms with E-state index in [1.807, 2.05) is 55.5 Å². The van der Waals surface area contributed by atoms with Crippen molar-refractivity contribution in [3.05, 3.63) is 59.7 Å². The monoisotopic (exact) mass is 294 g/mol. The number of para-hydroxylation sites is 1. The number of hydrogen-bond acceptors (Lipinski definition) is 3. The molecule has 0 aliphatic carbocycles. The smallest absolute Gasteiger partial charge is 0.242 e. The molecular weight excluding hydrogens is 276 g/mol. The van der Waals surface area contributed by atoms with Gasteiger partial charge in [0.2, 0.25) is 5.91 Å². The third-order valence-corrected chi connectivity index (χ3v) is 3.45. The van der Waals surface area contributed by atoms with E-state index in [1.54, 1.807) is 7.11 Å². The van der Waals surface area contributed by atoms with Gasteiger partial charge in [0, 0.05) is 5.69 Å². The highest BCUT2D eigenvalue weighted by Gasteiger charge is 2.19. The third-order valence-electron chi connectivity index (χ3n) is 3.45. The molecule has 1 amide bonds. The standard InChI is InChI=1S/C18H18N2O2/c1-13-6-3-4-9-17(13)20-18(21)15(12-19)10-14-7-5-8-16(11-14)22-2/h3-9,11,15H,10H2,1-2H3,(H,20,21). The first-order valence-electron chi connectivity index (χ1n) is 7.03. The van der Waals surface area contributed by atoms with Crippen LogP contribution < -0.4 is 10.1 Å². The molecule has 0 bridgehead atoms. The van der Waals surface area contributed by atoms with Gasteiger partial charge in [0.25, 0.3) is 0 Å². The predicted octanol–water partition coefficient (Wildman–Crippen LogP) is 3.32. The van der Waals surface area contributed by atoms with E-state index in [9.17, 15) is 10.1 Å². The molecule has 112 valence electrons. The van der Waals surface area contributed by atoms with Gasteiger partial charge in [0.1, 0.15) is 11.7 Å². The third kappa shape index (κ3) is 3.86. The van der Waals surface area contributed by atoms with E-state index in [0.717, 1.165) is 16.8 Å². The largest absolute Gasteiger partial charge is 0.497 e. The van der Waals surface area contributed by atoms with Crippen LogP contribution in [-0.4, -0.2) is 13.0 Å². The summed E-state index contributed by atoms with van der Waals surface area (Å²) in [6.45, 7) is 1.92. The van der Waals surface area contributed by atoms with Crippen LogP contribution in [0.3, 0.4) is 0 Å². The van der Waals surface area contributed by atoms with Gasteiger partial charge in [-0.25, -0.2) is 0 Å². The van der Waals surface area contributed by atoms with Gasteiger partial charge in [0.05, 0.1) is 13.2 Å². The van der Waals surface area contributed by atoms with E-state index in [2.05, 4.69) is 11.4 Å². The fraction of sp³-hybridized carbons (Fsp3) is 0.222. The quantitative estimate of drug-likeness (QED) is 0.920. The number of aryl methyl sites for hydroxylation is 1. The number of carbonyl (C=O) groups excluding carboxylic acids is 1. The van der Waals surface area contributed by atoms with Crippen molar-refractivity contribution in [2.45, 2.75) is 13.3 Å². The van der Waals surface area contributed by atoms with Crippen LogP contribution >= 0.6 is 0 Å². The summed E-state index contributed by atoms with van der Waals surface area (Å²) in [6, 6.07) is 17.0. The molecule has 0 spiro atoms. The minimum Gasteiger partial charge on any atom is -0.497 e. The normalized spacial score (nSPS) is 11.3. The van der Waals surface area contributed by atoms with Crippen LogP contribution in [0.1, 0.15) is 11.1 Å². The average molecular weight is 294 g/mol. The number of ether oxygens (including phenoxy) is 1. The van der Waals surface area contributed by atoms with Crippen molar-refractivity contribution in [3.63, 3.8) is 0 Å². The van der Waals surface area contributed by atoms with Gasteiger partial charge in [-0.15, -0.1) is 0 Å².